The molecule has 5 nitrogen and oxygen atoms in total. The Balaban J connectivity index is 2.41. The molecule has 0 fully saturated rings. The molecule has 18 heavy (non-hydrogen) atoms. The molecule has 0 atom stereocenters. The second-order valence-corrected chi connectivity index (χ2v) is 4.58. The fraction of sp³-hybridized carbons (Fsp3) is 0.231. The van der Waals surface area contributed by atoms with Gasteiger partial charge >= 0.3 is 0 Å². The van der Waals surface area contributed by atoms with Crippen LogP contribution in [0.1, 0.15) is 0 Å². The summed E-state index contributed by atoms with van der Waals surface area (Å²) in [7, 11) is 1.58. The van der Waals surface area contributed by atoms with Gasteiger partial charge in [-0.05, 0) is 29.9 Å². The zero-order chi connectivity index (χ0) is 13.4. The van der Waals surface area contributed by atoms with Gasteiger partial charge in [0, 0.05) is 5.57 Å². The van der Waals surface area contributed by atoms with Gasteiger partial charge in [0.25, 0.3) is 0 Å². The molecule has 2 rings (SSSR count). The van der Waals surface area contributed by atoms with E-state index in [0.29, 0.717) is 5.76 Å². The monoisotopic (exact) mass is 246 g/mol. The summed E-state index contributed by atoms with van der Waals surface area (Å²) in [4.78, 5) is 0. The van der Waals surface area contributed by atoms with Gasteiger partial charge in [-0.25, -0.2) is 0 Å². The van der Waals surface area contributed by atoms with Gasteiger partial charge in [0.05, 0.1) is 7.11 Å². The molecule has 0 unspecified atom stereocenters. The summed E-state index contributed by atoms with van der Waals surface area (Å²) in [5.41, 5.74) is 23.1. The Labute approximate surface area is 106 Å². The van der Waals surface area contributed by atoms with Crippen LogP contribution in [-0.4, -0.2) is 18.4 Å². The minimum Gasteiger partial charge on any atom is -0.496 e. The molecular weight excluding hydrogens is 228 g/mol. The van der Waals surface area contributed by atoms with Crippen molar-refractivity contribution in [3.8, 4) is 0 Å². The smallest absolute Gasteiger partial charge is 0.126 e. The van der Waals surface area contributed by atoms with Crippen LogP contribution in [0, 0.1) is 0 Å². The molecule has 0 heterocycles. The Bertz CT molecular complexity index is 489. The Morgan fingerprint density at radius 2 is 1.44 bits per heavy atom. The first kappa shape index (κ1) is 12.8. The van der Waals surface area contributed by atoms with E-state index in [9.17, 15) is 0 Å². The van der Waals surface area contributed by atoms with Gasteiger partial charge in [0.15, 0.2) is 0 Å². The van der Waals surface area contributed by atoms with Gasteiger partial charge in [-0.15, -0.1) is 0 Å². The molecule has 0 radical (unpaired) electrons. The molecule has 0 aliphatic heterocycles. The third-order valence-corrected chi connectivity index (χ3v) is 2.82. The lowest BCUT2D eigenvalue weighted by atomic mass is 9.92. The van der Waals surface area contributed by atoms with Crippen LogP contribution in [0.5, 0.6) is 0 Å². The second kappa shape index (κ2) is 4.22. The normalized spacial score (nSPS) is 24.2. The average Bonchev–Trinajstić information content (AvgIpc) is 2.29. The van der Waals surface area contributed by atoms with E-state index in [0.717, 1.165) is 11.1 Å². The van der Waals surface area contributed by atoms with Crippen LogP contribution in [0.25, 0.3) is 0 Å². The fourth-order valence-electron chi connectivity index (χ4n) is 1.83. The SMILES string of the molecule is COC1=CC(N)(N)C=CC1=C1C=CC(N)(N)C=C1. The van der Waals surface area contributed by atoms with E-state index < -0.39 is 11.3 Å². The maximum Gasteiger partial charge on any atom is 0.126 e. The van der Waals surface area contributed by atoms with Crippen molar-refractivity contribution in [2.45, 2.75) is 11.3 Å². The third-order valence-electron chi connectivity index (χ3n) is 2.82. The number of allylic oxidation sites excluding steroid dienone is 4. The fourth-order valence-corrected chi connectivity index (χ4v) is 1.83. The van der Waals surface area contributed by atoms with Crippen molar-refractivity contribution in [2.24, 2.45) is 22.9 Å². The van der Waals surface area contributed by atoms with E-state index in [2.05, 4.69) is 0 Å². The summed E-state index contributed by atoms with van der Waals surface area (Å²) in [6.45, 7) is 0. The molecule has 5 heteroatoms. The summed E-state index contributed by atoms with van der Waals surface area (Å²) in [5, 5.41) is 0. The van der Waals surface area contributed by atoms with E-state index in [1.807, 2.05) is 18.2 Å². The molecule has 0 aromatic rings. The van der Waals surface area contributed by atoms with E-state index in [-0.39, 0.29) is 0 Å². The zero-order valence-corrected chi connectivity index (χ0v) is 10.3. The maximum atomic E-state index is 5.81. The second-order valence-electron chi connectivity index (χ2n) is 4.58. The van der Waals surface area contributed by atoms with E-state index in [1.54, 1.807) is 31.4 Å². The van der Waals surface area contributed by atoms with Crippen LogP contribution < -0.4 is 22.9 Å². The summed E-state index contributed by atoms with van der Waals surface area (Å²) >= 11 is 0. The minimum atomic E-state index is -0.983. The average molecular weight is 246 g/mol. The number of rotatable bonds is 1. The van der Waals surface area contributed by atoms with E-state index >= 15 is 0 Å². The molecule has 96 valence electrons. The van der Waals surface area contributed by atoms with E-state index in [4.69, 9.17) is 27.7 Å². The first-order valence-corrected chi connectivity index (χ1v) is 5.58. The quantitative estimate of drug-likeness (QED) is 0.476. The van der Waals surface area contributed by atoms with Crippen molar-refractivity contribution in [2.75, 3.05) is 7.11 Å². The highest BCUT2D eigenvalue weighted by molar-refractivity contribution is 5.55. The van der Waals surface area contributed by atoms with Crippen LogP contribution in [0.3, 0.4) is 0 Å². The highest BCUT2D eigenvalue weighted by atomic mass is 16.5. The Morgan fingerprint density at radius 3 is 2.00 bits per heavy atom. The molecule has 0 spiro atoms. The summed E-state index contributed by atoms with van der Waals surface area (Å²) in [6, 6.07) is 0. The summed E-state index contributed by atoms with van der Waals surface area (Å²) < 4.78 is 5.31. The molecule has 2 aliphatic carbocycles. The Morgan fingerprint density at radius 1 is 0.889 bits per heavy atom. The number of nitrogens with two attached hydrogens (primary N) is 4. The van der Waals surface area contributed by atoms with Crippen LogP contribution >= 0.6 is 0 Å². The lowest BCUT2D eigenvalue weighted by Gasteiger charge is -2.25. The van der Waals surface area contributed by atoms with Gasteiger partial charge in [0.2, 0.25) is 0 Å². The Kier molecular flexibility index (Phi) is 3.00. The highest BCUT2D eigenvalue weighted by Gasteiger charge is 2.22. The van der Waals surface area contributed by atoms with Crippen LogP contribution in [-0.2, 0) is 4.74 Å². The lowest BCUT2D eigenvalue weighted by molar-refractivity contribution is 0.296. The van der Waals surface area contributed by atoms with E-state index in [1.165, 1.54) is 0 Å². The molecule has 0 saturated carbocycles. The first-order valence-electron chi connectivity index (χ1n) is 5.58. The molecule has 2 aliphatic rings. The van der Waals surface area contributed by atoms with Crippen molar-refractivity contribution in [1.82, 2.24) is 0 Å². The molecule has 0 amide bonds. The van der Waals surface area contributed by atoms with Crippen molar-refractivity contribution < 1.29 is 4.74 Å². The third kappa shape index (κ3) is 2.60. The zero-order valence-electron chi connectivity index (χ0n) is 10.3. The first-order chi connectivity index (χ1) is 8.33. The van der Waals surface area contributed by atoms with Crippen LogP contribution in [0.15, 0.2) is 59.4 Å². The van der Waals surface area contributed by atoms with Crippen molar-refractivity contribution >= 4 is 0 Å². The summed E-state index contributed by atoms with van der Waals surface area (Å²) in [6.07, 6.45) is 12.4. The molecule has 8 N–H and O–H groups in total. The lowest BCUT2D eigenvalue weighted by Crippen LogP contribution is -2.47. The Hall–Kier alpha value is -1.66. The highest BCUT2D eigenvalue weighted by Crippen LogP contribution is 2.27. The summed E-state index contributed by atoms with van der Waals surface area (Å²) in [5.74, 6) is 0.633. The molecule has 0 bridgehead atoms. The predicted molar refractivity (Wildman–Crippen MR) is 71.7 cm³/mol. The topological polar surface area (TPSA) is 113 Å². The predicted octanol–water partition coefficient (Wildman–Crippen LogP) is -0.263. The number of hydrogen-bond acceptors (Lipinski definition) is 5. The van der Waals surface area contributed by atoms with Gasteiger partial charge < -0.3 is 27.7 Å². The number of hydrogen-bond donors (Lipinski definition) is 4. The van der Waals surface area contributed by atoms with Crippen LogP contribution in [0.4, 0.5) is 0 Å². The molecule has 0 aromatic carbocycles. The largest absolute Gasteiger partial charge is 0.496 e. The van der Waals surface area contributed by atoms with Crippen molar-refractivity contribution in [3.63, 3.8) is 0 Å². The molecule has 0 aromatic heterocycles. The van der Waals surface area contributed by atoms with Crippen LogP contribution in [0.2, 0.25) is 0 Å². The molecular formula is C13H18N4O. The minimum absolute atomic E-state index is 0.633. The van der Waals surface area contributed by atoms with Gasteiger partial charge in [-0.2, -0.15) is 0 Å². The van der Waals surface area contributed by atoms with Crippen molar-refractivity contribution in [1.29, 1.82) is 0 Å². The van der Waals surface area contributed by atoms with Gasteiger partial charge in [0.1, 0.15) is 17.1 Å². The number of methoxy groups -OCH3 is 1. The maximum absolute atomic E-state index is 5.81. The van der Waals surface area contributed by atoms with Gasteiger partial charge in [-0.1, -0.05) is 18.2 Å². The molecule has 0 saturated heterocycles. The van der Waals surface area contributed by atoms with Crippen molar-refractivity contribution in [3.05, 3.63) is 59.4 Å². The standard InChI is InChI=1S/C13H18N4O/c1-18-11-8-13(16,17)7-4-10(11)9-2-5-12(14,15)6-3-9/h2-8H,14-17H2,1H3. The number of ether oxygens (including phenoxy) is 1. The van der Waals surface area contributed by atoms with Gasteiger partial charge in [-0.3, -0.25) is 0 Å².